The number of thioether (sulfide) groups is 1. The zero-order chi connectivity index (χ0) is 21.3. The number of H-pyrrole nitrogens is 1. The second kappa shape index (κ2) is 10.4. The van der Waals surface area contributed by atoms with E-state index in [-0.39, 0.29) is 18.3 Å². The number of nitrogens with one attached hydrogen (secondary N) is 2. The molecule has 0 bridgehead atoms. The Hall–Kier alpha value is -3.33. The SMILES string of the molecule is CCOC(=O)c1ccc(NC(=O)CSc2n[nH]c(COc3ccc(C)cc3)n2)cc1. The predicted octanol–water partition coefficient (Wildman–Crippen LogP) is 3.60. The van der Waals surface area contributed by atoms with Gasteiger partial charge in [-0.25, -0.2) is 9.78 Å². The lowest BCUT2D eigenvalue weighted by Crippen LogP contribution is -2.14. The molecule has 0 unspecified atom stereocenters. The fraction of sp³-hybridized carbons (Fsp3) is 0.238. The Kier molecular flexibility index (Phi) is 7.45. The van der Waals surface area contributed by atoms with Crippen LogP contribution in [-0.2, 0) is 16.1 Å². The smallest absolute Gasteiger partial charge is 0.338 e. The van der Waals surface area contributed by atoms with E-state index in [1.807, 2.05) is 31.2 Å². The highest BCUT2D eigenvalue weighted by Crippen LogP contribution is 2.16. The normalized spacial score (nSPS) is 10.5. The van der Waals surface area contributed by atoms with Gasteiger partial charge in [-0.1, -0.05) is 29.5 Å². The van der Waals surface area contributed by atoms with Gasteiger partial charge in [0.2, 0.25) is 11.1 Å². The number of aryl methyl sites for hydroxylation is 1. The van der Waals surface area contributed by atoms with Crippen LogP contribution in [0.4, 0.5) is 5.69 Å². The summed E-state index contributed by atoms with van der Waals surface area (Å²) in [5.74, 6) is 0.881. The fourth-order valence-corrected chi connectivity index (χ4v) is 3.04. The number of aromatic nitrogens is 3. The molecule has 1 aromatic heterocycles. The predicted molar refractivity (Wildman–Crippen MR) is 114 cm³/mol. The van der Waals surface area contributed by atoms with Gasteiger partial charge < -0.3 is 14.8 Å². The van der Waals surface area contributed by atoms with E-state index in [2.05, 4.69) is 20.5 Å². The van der Waals surface area contributed by atoms with Crippen molar-refractivity contribution in [3.05, 3.63) is 65.5 Å². The number of nitrogens with zero attached hydrogens (tertiary/aromatic N) is 2. The van der Waals surface area contributed by atoms with Gasteiger partial charge in [-0.3, -0.25) is 9.89 Å². The van der Waals surface area contributed by atoms with Crippen molar-refractivity contribution in [2.75, 3.05) is 17.7 Å². The van der Waals surface area contributed by atoms with Crippen LogP contribution in [0.2, 0.25) is 0 Å². The molecule has 2 N–H and O–H groups in total. The van der Waals surface area contributed by atoms with Gasteiger partial charge in [0.25, 0.3) is 0 Å². The summed E-state index contributed by atoms with van der Waals surface area (Å²) >= 11 is 1.21. The summed E-state index contributed by atoms with van der Waals surface area (Å²) in [6.07, 6.45) is 0. The van der Waals surface area contributed by atoms with Crippen molar-refractivity contribution in [3.63, 3.8) is 0 Å². The Labute approximate surface area is 178 Å². The molecule has 0 radical (unpaired) electrons. The number of rotatable bonds is 9. The lowest BCUT2D eigenvalue weighted by Gasteiger charge is -2.06. The van der Waals surface area contributed by atoms with Gasteiger partial charge >= 0.3 is 5.97 Å². The quantitative estimate of drug-likeness (QED) is 0.398. The maximum absolute atomic E-state index is 12.1. The number of carbonyl (C=O) groups is 2. The van der Waals surface area contributed by atoms with E-state index in [9.17, 15) is 9.59 Å². The van der Waals surface area contributed by atoms with Crippen LogP contribution in [0.25, 0.3) is 0 Å². The highest BCUT2D eigenvalue weighted by Gasteiger charge is 2.10. The van der Waals surface area contributed by atoms with Crippen molar-refractivity contribution in [1.82, 2.24) is 15.2 Å². The van der Waals surface area contributed by atoms with E-state index in [0.29, 0.717) is 28.8 Å². The van der Waals surface area contributed by atoms with Gasteiger partial charge in [-0.2, -0.15) is 0 Å². The second-order valence-corrected chi connectivity index (χ2v) is 7.24. The molecule has 0 fully saturated rings. The van der Waals surface area contributed by atoms with Gasteiger partial charge in [0.05, 0.1) is 17.9 Å². The molecule has 0 aliphatic rings. The Morgan fingerprint density at radius 3 is 2.53 bits per heavy atom. The molecule has 3 rings (SSSR count). The zero-order valence-corrected chi connectivity index (χ0v) is 17.5. The number of anilines is 1. The molecule has 0 spiro atoms. The number of carbonyl (C=O) groups excluding carboxylic acids is 2. The number of aromatic amines is 1. The molecular formula is C21H22N4O4S. The van der Waals surface area contributed by atoms with Crippen molar-refractivity contribution in [2.45, 2.75) is 25.6 Å². The molecular weight excluding hydrogens is 404 g/mol. The summed E-state index contributed by atoms with van der Waals surface area (Å²) in [6.45, 7) is 4.34. The third-order valence-electron chi connectivity index (χ3n) is 3.92. The first-order chi connectivity index (χ1) is 14.5. The van der Waals surface area contributed by atoms with Gasteiger partial charge in [-0.05, 0) is 50.2 Å². The Morgan fingerprint density at radius 1 is 1.10 bits per heavy atom. The van der Waals surface area contributed by atoms with E-state index in [1.165, 1.54) is 11.8 Å². The standard InChI is InChI=1S/C21H22N4O4S/c1-3-28-20(27)15-6-8-16(9-7-15)22-19(26)13-30-21-23-18(24-25-21)12-29-17-10-4-14(2)5-11-17/h4-11H,3,12-13H2,1-2H3,(H,22,26)(H,23,24,25). The van der Waals surface area contributed by atoms with Crippen molar-refractivity contribution in [2.24, 2.45) is 0 Å². The van der Waals surface area contributed by atoms with Crippen molar-refractivity contribution >= 4 is 29.3 Å². The minimum absolute atomic E-state index is 0.149. The van der Waals surface area contributed by atoms with E-state index in [0.717, 1.165) is 11.3 Å². The maximum Gasteiger partial charge on any atom is 0.338 e. The molecule has 0 aliphatic carbocycles. The molecule has 0 saturated carbocycles. The van der Waals surface area contributed by atoms with Crippen molar-refractivity contribution < 1.29 is 19.1 Å². The highest BCUT2D eigenvalue weighted by atomic mass is 32.2. The van der Waals surface area contributed by atoms with Gasteiger partial charge in [0, 0.05) is 5.69 Å². The number of esters is 1. The van der Waals surface area contributed by atoms with Crippen LogP contribution in [0, 0.1) is 6.92 Å². The summed E-state index contributed by atoms with van der Waals surface area (Å²) in [7, 11) is 0. The third-order valence-corrected chi connectivity index (χ3v) is 4.77. The van der Waals surface area contributed by atoms with Crippen LogP contribution in [0.3, 0.4) is 0 Å². The van der Waals surface area contributed by atoms with Crippen LogP contribution in [-0.4, -0.2) is 39.4 Å². The number of hydrogen-bond donors (Lipinski definition) is 2. The monoisotopic (exact) mass is 426 g/mol. The Bertz CT molecular complexity index is 987. The molecule has 8 nitrogen and oxygen atoms in total. The molecule has 156 valence electrons. The first-order valence-electron chi connectivity index (χ1n) is 9.34. The van der Waals surface area contributed by atoms with Crippen LogP contribution in [0.1, 0.15) is 28.7 Å². The van der Waals surface area contributed by atoms with E-state index in [1.54, 1.807) is 31.2 Å². The van der Waals surface area contributed by atoms with E-state index >= 15 is 0 Å². The van der Waals surface area contributed by atoms with Crippen LogP contribution in [0.5, 0.6) is 5.75 Å². The van der Waals surface area contributed by atoms with Crippen LogP contribution >= 0.6 is 11.8 Å². The molecule has 9 heteroatoms. The van der Waals surface area contributed by atoms with E-state index < -0.39 is 5.97 Å². The van der Waals surface area contributed by atoms with Crippen molar-refractivity contribution in [1.29, 1.82) is 0 Å². The summed E-state index contributed by atoms with van der Waals surface area (Å²) in [4.78, 5) is 28.1. The topological polar surface area (TPSA) is 106 Å². The zero-order valence-electron chi connectivity index (χ0n) is 16.7. The molecule has 0 aliphatic heterocycles. The maximum atomic E-state index is 12.1. The molecule has 30 heavy (non-hydrogen) atoms. The van der Waals surface area contributed by atoms with Gasteiger partial charge in [0.15, 0.2) is 5.82 Å². The third kappa shape index (κ3) is 6.35. The fourth-order valence-electron chi connectivity index (χ4n) is 2.42. The van der Waals surface area contributed by atoms with Crippen LogP contribution in [0.15, 0.2) is 53.7 Å². The number of hydrogen-bond acceptors (Lipinski definition) is 7. The minimum atomic E-state index is -0.391. The molecule has 1 amide bonds. The summed E-state index contributed by atoms with van der Waals surface area (Å²) < 4.78 is 10.6. The summed E-state index contributed by atoms with van der Waals surface area (Å²) in [5, 5.41) is 10.1. The molecule has 0 saturated heterocycles. The first kappa shape index (κ1) is 21.4. The number of ether oxygens (including phenoxy) is 2. The average molecular weight is 426 g/mol. The largest absolute Gasteiger partial charge is 0.486 e. The average Bonchev–Trinajstić information content (AvgIpc) is 3.20. The van der Waals surface area contributed by atoms with Gasteiger partial charge in [0.1, 0.15) is 12.4 Å². The molecule has 1 heterocycles. The number of amides is 1. The second-order valence-electron chi connectivity index (χ2n) is 6.30. The lowest BCUT2D eigenvalue weighted by molar-refractivity contribution is -0.113. The van der Waals surface area contributed by atoms with E-state index in [4.69, 9.17) is 9.47 Å². The lowest BCUT2D eigenvalue weighted by atomic mass is 10.2. The molecule has 2 aromatic carbocycles. The molecule has 3 aromatic rings. The summed E-state index contributed by atoms with van der Waals surface area (Å²) in [5.41, 5.74) is 2.19. The van der Waals surface area contributed by atoms with Crippen molar-refractivity contribution in [3.8, 4) is 5.75 Å². The van der Waals surface area contributed by atoms with Crippen LogP contribution < -0.4 is 10.1 Å². The number of benzene rings is 2. The summed E-state index contributed by atoms with van der Waals surface area (Å²) in [6, 6.07) is 14.3. The van der Waals surface area contributed by atoms with Gasteiger partial charge in [-0.15, -0.1) is 5.10 Å². The minimum Gasteiger partial charge on any atom is -0.486 e. The highest BCUT2D eigenvalue weighted by molar-refractivity contribution is 7.99. The Balaban J connectivity index is 1.43. The first-order valence-corrected chi connectivity index (χ1v) is 10.3. The Morgan fingerprint density at radius 2 is 1.83 bits per heavy atom. The molecule has 0 atom stereocenters.